The molecule has 1 aromatic carbocycles. The molecule has 0 atom stereocenters. The number of hydrogen-bond donors (Lipinski definition) is 1. The first-order valence-corrected chi connectivity index (χ1v) is 6.47. The smallest absolute Gasteiger partial charge is 0.226 e. The van der Waals surface area contributed by atoms with Crippen molar-refractivity contribution in [2.45, 2.75) is 25.7 Å². The van der Waals surface area contributed by atoms with Crippen molar-refractivity contribution in [3.05, 3.63) is 41.5 Å². The zero-order valence-corrected chi connectivity index (χ0v) is 11.1. The zero-order valence-electron chi connectivity index (χ0n) is 11.1. The lowest BCUT2D eigenvalue weighted by Crippen LogP contribution is -1.99. The van der Waals surface area contributed by atoms with E-state index in [4.69, 9.17) is 15.0 Å². The van der Waals surface area contributed by atoms with Crippen molar-refractivity contribution in [1.29, 1.82) is 0 Å². The molecular weight excluding hydrogens is 242 g/mol. The number of hydrogen-bond acceptors (Lipinski definition) is 5. The molecule has 2 rings (SSSR count). The van der Waals surface area contributed by atoms with Gasteiger partial charge in [-0.05, 0) is 25.5 Å². The number of benzene rings is 1. The van der Waals surface area contributed by atoms with Gasteiger partial charge in [-0.1, -0.05) is 23.4 Å². The van der Waals surface area contributed by atoms with Gasteiger partial charge in [-0.3, -0.25) is 0 Å². The average Bonchev–Trinajstić information content (AvgIpc) is 2.87. The van der Waals surface area contributed by atoms with Crippen LogP contribution in [0, 0.1) is 0 Å². The zero-order chi connectivity index (χ0) is 13.5. The molecule has 1 heterocycles. The fourth-order valence-corrected chi connectivity index (χ4v) is 1.90. The van der Waals surface area contributed by atoms with Gasteiger partial charge in [-0.25, -0.2) is 0 Å². The molecule has 0 saturated carbocycles. The van der Waals surface area contributed by atoms with Crippen molar-refractivity contribution in [3.63, 3.8) is 0 Å². The number of nitrogens with zero attached hydrogens (tertiary/aromatic N) is 2. The van der Waals surface area contributed by atoms with Crippen LogP contribution >= 0.6 is 0 Å². The van der Waals surface area contributed by atoms with Gasteiger partial charge >= 0.3 is 0 Å². The molecule has 0 saturated heterocycles. The van der Waals surface area contributed by atoms with Crippen LogP contribution < -0.4 is 10.5 Å². The minimum absolute atomic E-state index is 0.615. The molecule has 0 amide bonds. The minimum atomic E-state index is 0.615. The number of ether oxygens (including phenoxy) is 1. The first kappa shape index (κ1) is 13.5. The van der Waals surface area contributed by atoms with E-state index in [0.29, 0.717) is 24.7 Å². The summed E-state index contributed by atoms with van der Waals surface area (Å²) in [4.78, 5) is 4.38. The Labute approximate surface area is 112 Å². The fraction of sp³-hybridized carbons (Fsp3) is 0.429. The van der Waals surface area contributed by atoms with Crippen LogP contribution in [0.1, 0.15) is 30.1 Å². The summed E-state index contributed by atoms with van der Waals surface area (Å²) in [6.07, 6.45) is 3.36. The molecule has 1 aromatic heterocycles. The van der Waals surface area contributed by atoms with E-state index < -0.39 is 0 Å². The van der Waals surface area contributed by atoms with Gasteiger partial charge in [0.25, 0.3) is 0 Å². The lowest BCUT2D eigenvalue weighted by Gasteiger charge is -2.04. The Morgan fingerprint density at radius 1 is 1.26 bits per heavy atom. The monoisotopic (exact) mass is 261 g/mol. The summed E-state index contributed by atoms with van der Waals surface area (Å²) in [5, 5.41) is 3.99. The van der Waals surface area contributed by atoms with Crippen LogP contribution in [-0.4, -0.2) is 23.8 Å². The van der Waals surface area contributed by atoms with Crippen LogP contribution in [0.15, 0.2) is 28.8 Å². The van der Waals surface area contributed by atoms with Gasteiger partial charge in [-0.2, -0.15) is 4.98 Å². The van der Waals surface area contributed by atoms with Crippen molar-refractivity contribution >= 4 is 0 Å². The standard InChI is InChI=1S/C14H19N3O2/c1-18-12-7-3-2-6-11(12)10-13-16-14(19-17-13)8-4-5-9-15/h2-3,6-7H,4-5,8-10,15H2,1H3. The summed E-state index contributed by atoms with van der Waals surface area (Å²) in [5.74, 6) is 2.21. The molecular formula is C14H19N3O2. The lowest BCUT2D eigenvalue weighted by molar-refractivity contribution is 0.369. The highest BCUT2D eigenvalue weighted by molar-refractivity contribution is 5.35. The van der Waals surface area contributed by atoms with Crippen LogP contribution in [0.25, 0.3) is 0 Å². The van der Waals surface area contributed by atoms with E-state index in [9.17, 15) is 0 Å². The lowest BCUT2D eigenvalue weighted by atomic mass is 10.1. The number of unbranched alkanes of at least 4 members (excludes halogenated alkanes) is 1. The summed E-state index contributed by atoms with van der Waals surface area (Å²) in [6.45, 7) is 0.697. The van der Waals surface area contributed by atoms with Crippen molar-refractivity contribution in [3.8, 4) is 5.75 Å². The number of methoxy groups -OCH3 is 1. The quantitative estimate of drug-likeness (QED) is 0.771. The van der Waals surface area contributed by atoms with Crippen LogP contribution in [0.3, 0.4) is 0 Å². The minimum Gasteiger partial charge on any atom is -0.496 e. The second-order valence-electron chi connectivity index (χ2n) is 4.34. The third kappa shape index (κ3) is 3.79. The van der Waals surface area contributed by atoms with Crippen LogP contribution in [0.4, 0.5) is 0 Å². The Balaban J connectivity index is 1.99. The largest absolute Gasteiger partial charge is 0.496 e. The Morgan fingerprint density at radius 3 is 2.89 bits per heavy atom. The predicted octanol–water partition coefficient (Wildman–Crippen LogP) is 1.95. The van der Waals surface area contributed by atoms with Gasteiger partial charge < -0.3 is 15.0 Å². The van der Waals surface area contributed by atoms with Crippen molar-refractivity contribution in [2.75, 3.05) is 13.7 Å². The average molecular weight is 261 g/mol. The number of aryl methyl sites for hydroxylation is 1. The molecule has 19 heavy (non-hydrogen) atoms. The first-order chi connectivity index (χ1) is 9.33. The van der Waals surface area contributed by atoms with Crippen LogP contribution in [0.5, 0.6) is 5.75 Å². The molecule has 5 nitrogen and oxygen atoms in total. The molecule has 5 heteroatoms. The second-order valence-corrected chi connectivity index (χ2v) is 4.34. The van der Waals surface area contributed by atoms with Gasteiger partial charge in [0.1, 0.15) is 5.75 Å². The third-order valence-corrected chi connectivity index (χ3v) is 2.90. The van der Waals surface area contributed by atoms with E-state index in [0.717, 1.165) is 30.6 Å². The predicted molar refractivity (Wildman–Crippen MR) is 72.1 cm³/mol. The Bertz CT molecular complexity index is 511. The van der Waals surface area contributed by atoms with Gasteiger partial charge in [0, 0.05) is 18.4 Å². The number of rotatable bonds is 7. The molecule has 2 N–H and O–H groups in total. The highest BCUT2D eigenvalue weighted by atomic mass is 16.5. The van der Waals surface area contributed by atoms with E-state index in [2.05, 4.69) is 10.1 Å². The normalized spacial score (nSPS) is 10.6. The molecule has 102 valence electrons. The van der Waals surface area contributed by atoms with Gasteiger partial charge in [0.2, 0.25) is 5.89 Å². The second kappa shape index (κ2) is 6.89. The molecule has 0 aliphatic heterocycles. The molecule has 0 aliphatic rings. The topological polar surface area (TPSA) is 74.2 Å². The maximum absolute atomic E-state index is 5.45. The molecule has 0 aliphatic carbocycles. The number of aromatic nitrogens is 2. The summed E-state index contributed by atoms with van der Waals surface area (Å²) < 4.78 is 10.5. The molecule has 0 radical (unpaired) electrons. The van der Waals surface area contributed by atoms with E-state index in [1.807, 2.05) is 24.3 Å². The maximum atomic E-state index is 5.45. The fourth-order valence-electron chi connectivity index (χ4n) is 1.90. The highest BCUT2D eigenvalue weighted by Crippen LogP contribution is 2.19. The summed E-state index contributed by atoms with van der Waals surface area (Å²) in [6, 6.07) is 7.85. The third-order valence-electron chi connectivity index (χ3n) is 2.90. The molecule has 0 fully saturated rings. The van der Waals surface area contributed by atoms with Crippen molar-refractivity contribution in [1.82, 2.24) is 10.1 Å². The molecule has 0 bridgehead atoms. The summed E-state index contributed by atoms with van der Waals surface area (Å²) in [7, 11) is 1.66. The van der Waals surface area contributed by atoms with Crippen LogP contribution in [-0.2, 0) is 12.8 Å². The Kier molecular flexibility index (Phi) is 4.92. The van der Waals surface area contributed by atoms with E-state index in [-0.39, 0.29) is 0 Å². The number of para-hydroxylation sites is 1. The van der Waals surface area contributed by atoms with E-state index in [1.165, 1.54) is 0 Å². The van der Waals surface area contributed by atoms with E-state index >= 15 is 0 Å². The maximum Gasteiger partial charge on any atom is 0.226 e. The summed E-state index contributed by atoms with van der Waals surface area (Å²) in [5.41, 5.74) is 6.51. The number of nitrogens with two attached hydrogens (primary N) is 1. The van der Waals surface area contributed by atoms with Crippen molar-refractivity contribution < 1.29 is 9.26 Å². The molecule has 2 aromatic rings. The SMILES string of the molecule is COc1ccccc1Cc1noc(CCCCN)n1. The Hall–Kier alpha value is -1.88. The summed E-state index contributed by atoms with van der Waals surface area (Å²) >= 11 is 0. The Morgan fingerprint density at radius 2 is 2.11 bits per heavy atom. The highest BCUT2D eigenvalue weighted by Gasteiger charge is 2.09. The van der Waals surface area contributed by atoms with Gasteiger partial charge in [0.05, 0.1) is 7.11 Å². The van der Waals surface area contributed by atoms with Gasteiger partial charge in [-0.15, -0.1) is 0 Å². The van der Waals surface area contributed by atoms with Crippen LogP contribution in [0.2, 0.25) is 0 Å². The first-order valence-electron chi connectivity index (χ1n) is 6.47. The van der Waals surface area contributed by atoms with Crippen molar-refractivity contribution in [2.24, 2.45) is 5.73 Å². The molecule has 0 spiro atoms. The van der Waals surface area contributed by atoms with E-state index in [1.54, 1.807) is 7.11 Å². The molecule has 0 unspecified atom stereocenters. The van der Waals surface area contributed by atoms with Gasteiger partial charge in [0.15, 0.2) is 5.82 Å².